The summed E-state index contributed by atoms with van der Waals surface area (Å²) in [5, 5.41) is 38.9. The topological polar surface area (TPSA) is 150 Å². The monoisotopic (exact) mass is 271 g/mol. The van der Waals surface area contributed by atoms with Crippen molar-refractivity contribution < 1.29 is 20.1 Å². The number of aliphatic hydroxyl groups excluding tert-OH is 3. The molecule has 1 aromatic rings. The number of nitrogens with zero attached hydrogens (tertiary/aromatic N) is 2. The summed E-state index contributed by atoms with van der Waals surface area (Å²) in [4.78, 5) is 3.96. The Bertz CT molecular complexity index is 476. The highest BCUT2D eigenvalue weighted by Gasteiger charge is 2.44. The van der Waals surface area contributed by atoms with Gasteiger partial charge in [0, 0.05) is 7.05 Å². The Labute approximate surface area is 109 Å². The molecule has 9 heteroatoms. The number of nitrogens with two attached hydrogens (primary N) is 1. The minimum Gasteiger partial charge on any atom is -0.394 e. The van der Waals surface area contributed by atoms with Crippen molar-refractivity contribution in [2.24, 2.45) is 5.73 Å². The van der Waals surface area contributed by atoms with Gasteiger partial charge in [-0.1, -0.05) is 0 Å². The van der Waals surface area contributed by atoms with Crippen molar-refractivity contribution in [2.45, 2.75) is 24.5 Å². The molecule has 9 nitrogen and oxygen atoms in total. The van der Waals surface area contributed by atoms with Crippen molar-refractivity contribution >= 4 is 11.7 Å². The molecule has 1 aliphatic heterocycles. The number of ether oxygens (including phenoxy) is 1. The van der Waals surface area contributed by atoms with Crippen molar-refractivity contribution in [2.75, 3.05) is 19.0 Å². The average Bonchev–Trinajstić information content (AvgIpc) is 2.92. The number of hydrogen-bond donors (Lipinski definition) is 6. The summed E-state index contributed by atoms with van der Waals surface area (Å²) in [7, 11) is 1.61. The molecular formula is C10H17N5O4. The summed E-state index contributed by atoms with van der Waals surface area (Å²) in [6.07, 6.45) is -2.83. The van der Waals surface area contributed by atoms with E-state index in [1.54, 1.807) is 7.05 Å². The first kappa shape index (κ1) is 13.7. The van der Waals surface area contributed by atoms with Crippen LogP contribution in [0.4, 0.5) is 5.82 Å². The number of hydrogen-bond acceptors (Lipinski definition) is 7. The molecule has 1 aromatic heterocycles. The zero-order valence-corrected chi connectivity index (χ0v) is 10.3. The third-order valence-electron chi connectivity index (χ3n) is 3.08. The molecule has 106 valence electrons. The smallest absolute Gasteiger partial charge is 0.165 e. The summed E-state index contributed by atoms with van der Waals surface area (Å²) in [5.74, 6) is 0.164. The van der Waals surface area contributed by atoms with Gasteiger partial charge in [-0.2, -0.15) is 0 Å². The number of amidine groups is 1. The van der Waals surface area contributed by atoms with E-state index in [0.717, 1.165) is 0 Å². The van der Waals surface area contributed by atoms with Gasteiger partial charge in [0.05, 0.1) is 12.9 Å². The first-order chi connectivity index (χ1) is 9.01. The van der Waals surface area contributed by atoms with Gasteiger partial charge in [-0.15, -0.1) is 0 Å². The minimum atomic E-state index is -1.21. The van der Waals surface area contributed by atoms with Crippen molar-refractivity contribution in [3.05, 3.63) is 12.0 Å². The van der Waals surface area contributed by atoms with Crippen LogP contribution in [0.15, 0.2) is 6.33 Å². The summed E-state index contributed by atoms with van der Waals surface area (Å²) in [6, 6.07) is 0. The Kier molecular flexibility index (Phi) is 3.71. The van der Waals surface area contributed by atoms with E-state index >= 15 is 0 Å². The van der Waals surface area contributed by atoms with Crippen molar-refractivity contribution in [1.82, 2.24) is 9.55 Å². The number of aromatic nitrogens is 2. The first-order valence-electron chi connectivity index (χ1n) is 5.72. The van der Waals surface area contributed by atoms with Crippen molar-refractivity contribution in [3.63, 3.8) is 0 Å². The van der Waals surface area contributed by atoms with Gasteiger partial charge >= 0.3 is 0 Å². The van der Waals surface area contributed by atoms with E-state index in [4.69, 9.17) is 21.0 Å². The van der Waals surface area contributed by atoms with Crippen LogP contribution in [0.25, 0.3) is 0 Å². The Morgan fingerprint density at radius 2 is 2.26 bits per heavy atom. The van der Waals surface area contributed by atoms with Crippen molar-refractivity contribution in [1.29, 1.82) is 5.41 Å². The van der Waals surface area contributed by atoms with Gasteiger partial charge in [-0.3, -0.25) is 9.98 Å². The SMILES string of the molecule is CNc1c(C(=N)N)ncn1[C@@H]1O[C@H](CO)[C@@H](O)[C@H]1O. The lowest BCUT2D eigenvalue weighted by Crippen LogP contribution is -2.33. The van der Waals surface area contributed by atoms with Crippen LogP contribution in [0.5, 0.6) is 0 Å². The molecule has 0 spiro atoms. The molecule has 1 aliphatic rings. The van der Waals surface area contributed by atoms with Gasteiger partial charge < -0.3 is 31.1 Å². The van der Waals surface area contributed by atoms with Crippen LogP contribution in [0.2, 0.25) is 0 Å². The van der Waals surface area contributed by atoms with E-state index in [0.29, 0.717) is 5.82 Å². The Morgan fingerprint density at radius 3 is 2.74 bits per heavy atom. The maximum absolute atomic E-state index is 9.93. The highest BCUT2D eigenvalue weighted by Crippen LogP contribution is 2.32. The zero-order chi connectivity index (χ0) is 14.2. The number of nitrogens with one attached hydrogen (secondary N) is 2. The molecule has 2 rings (SSSR count). The first-order valence-corrected chi connectivity index (χ1v) is 5.72. The van der Waals surface area contributed by atoms with E-state index in [1.807, 2.05) is 0 Å². The molecule has 0 radical (unpaired) electrons. The molecule has 2 heterocycles. The highest BCUT2D eigenvalue weighted by molar-refractivity contribution is 5.97. The molecule has 0 aliphatic carbocycles. The van der Waals surface area contributed by atoms with E-state index in [9.17, 15) is 10.2 Å². The predicted molar refractivity (Wildman–Crippen MR) is 65.8 cm³/mol. The van der Waals surface area contributed by atoms with Gasteiger partial charge in [-0.05, 0) is 0 Å². The molecule has 0 saturated carbocycles. The highest BCUT2D eigenvalue weighted by atomic mass is 16.6. The minimum absolute atomic E-state index is 0.222. The molecule has 4 atom stereocenters. The number of anilines is 1. The molecule has 1 fully saturated rings. The molecule has 7 N–H and O–H groups in total. The summed E-state index contributed by atoms with van der Waals surface area (Å²) in [5.41, 5.74) is 5.61. The van der Waals surface area contributed by atoms with Gasteiger partial charge in [-0.25, -0.2) is 4.98 Å². The number of rotatable bonds is 4. The van der Waals surface area contributed by atoms with E-state index < -0.39 is 31.1 Å². The number of aliphatic hydroxyl groups is 3. The van der Waals surface area contributed by atoms with Crippen LogP contribution in [0, 0.1) is 5.41 Å². The van der Waals surface area contributed by atoms with Crippen LogP contribution in [-0.2, 0) is 4.74 Å². The standard InChI is InChI=1S/C10H17N5O4/c1-13-9-5(8(11)12)14-3-15(9)10-7(18)6(17)4(2-16)19-10/h3-4,6-7,10,13,16-18H,2H2,1H3,(H3,11,12)/t4-,6-,7-,10-/m1/s1. The van der Waals surface area contributed by atoms with Crippen LogP contribution in [0.1, 0.15) is 11.9 Å². The average molecular weight is 271 g/mol. The second-order valence-electron chi connectivity index (χ2n) is 4.24. The molecule has 0 unspecified atom stereocenters. The largest absolute Gasteiger partial charge is 0.394 e. The zero-order valence-electron chi connectivity index (χ0n) is 10.3. The lowest BCUT2D eigenvalue weighted by atomic mass is 10.1. The lowest BCUT2D eigenvalue weighted by molar-refractivity contribution is -0.0518. The molecule has 19 heavy (non-hydrogen) atoms. The third-order valence-corrected chi connectivity index (χ3v) is 3.08. The lowest BCUT2D eigenvalue weighted by Gasteiger charge is -2.19. The summed E-state index contributed by atoms with van der Waals surface area (Å²) < 4.78 is 6.81. The summed E-state index contributed by atoms with van der Waals surface area (Å²) >= 11 is 0. The molecule has 0 bridgehead atoms. The fraction of sp³-hybridized carbons (Fsp3) is 0.600. The second kappa shape index (κ2) is 5.13. The maximum Gasteiger partial charge on any atom is 0.165 e. The normalized spacial score (nSPS) is 30.5. The Morgan fingerprint density at radius 1 is 1.58 bits per heavy atom. The summed E-state index contributed by atoms with van der Waals surface area (Å²) in [6.45, 7) is -0.405. The fourth-order valence-electron chi connectivity index (χ4n) is 2.11. The van der Waals surface area contributed by atoms with Gasteiger partial charge in [0.25, 0.3) is 0 Å². The van der Waals surface area contributed by atoms with Crippen LogP contribution >= 0.6 is 0 Å². The molecule has 0 amide bonds. The predicted octanol–water partition coefficient (Wildman–Crippen LogP) is -2.18. The van der Waals surface area contributed by atoms with E-state index in [2.05, 4.69) is 10.3 Å². The quantitative estimate of drug-likeness (QED) is 0.269. The van der Waals surface area contributed by atoms with E-state index in [1.165, 1.54) is 10.9 Å². The Balaban J connectivity index is 2.35. The van der Waals surface area contributed by atoms with Crippen LogP contribution < -0.4 is 11.1 Å². The third kappa shape index (κ3) is 2.16. The maximum atomic E-state index is 9.93. The Hall–Kier alpha value is -1.68. The number of nitrogen functional groups attached to an aromatic ring is 1. The molecule has 1 saturated heterocycles. The van der Waals surface area contributed by atoms with Gasteiger partial charge in [0.2, 0.25) is 0 Å². The number of imidazole rings is 1. The molecular weight excluding hydrogens is 254 g/mol. The van der Waals surface area contributed by atoms with E-state index in [-0.39, 0.29) is 11.5 Å². The van der Waals surface area contributed by atoms with Crippen LogP contribution in [-0.4, -0.2) is 62.7 Å². The van der Waals surface area contributed by atoms with Crippen LogP contribution in [0.3, 0.4) is 0 Å². The fourth-order valence-corrected chi connectivity index (χ4v) is 2.11. The van der Waals surface area contributed by atoms with Gasteiger partial charge in [0.15, 0.2) is 6.23 Å². The second-order valence-corrected chi connectivity index (χ2v) is 4.24. The van der Waals surface area contributed by atoms with Crippen molar-refractivity contribution in [3.8, 4) is 0 Å². The van der Waals surface area contributed by atoms with Gasteiger partial charge in [0.1, 0.15) is 35.7 Å². The molecule has 0 aromatic carbocycles.